The van der Waals surface area contributed by atoms with Gasteiger partial charge in [-0.3, -0.25) is 0 Å². The van der Waals surface area contributed by atoms with E-state index in [-0.39, 0.29) is 12.5 Å². The summed E-state index contributed by atoms with van der Waals surface area (Å²) >= 11 is 0. The zero-order chi connectivity index (χ0) is 13.5. The van der Waals surface area contributed by atoms with Gasteiger partial charge in [0.05, 0.1) is 11.2 Å². The van der Waals surface area contributed by atoms with Crippen molar-refractivity contribution in [2.24, 2.45) is 0 Å². The summed E-state index contributed by atoms with van der Waals surface area (Å²) in [5, 5.41) is 0.894. The van der Waals surface area contributed by atoms with Gasteiger partial charge in [-0.15, -0.1) is 0 Å². The largest absolute Gasteiger partial charge is 0.454 e. The van der Waals surface area contributed by atoms with Crippen LogP contribution in [0.1, 0.15) is 0 Å². The summed E-state index contributed by atoms with van der Waals surface area (Å²) in [6.07, 6.45) is 0. The fourth-order valence-electron chi connectivity index (χ4n) is 2.37. The lowest BCUT2D eigenvalue weighted by Gasteiger charge is -2.06. The third-order valence-electron chi connectivity index (χ3n) is 3.28. The van der Waals surface area contributed by atoms with Crippen LogP contribution in [0.15, 0.2) is 47.3 Å². The molecule has 0 atom stereocenters. The number of aromatic nitrogens is 2. The molecule has 0 saturated heterocycles. The van der Waals surface area contributed by atoms with E-state index in [0.29, 0.717) is 17.2 Å². The van der Waals surface area contributed by atoms with E-state index in [2.05, 4.69) is 9.97 Å². The van der Waals surface area contributed by atoms with Crippen LogP contribution in [0.2, 0.25) is 0 Å². The van der Waals surface area contributed by atoms with Crippen LogP contribution in [0.3, 0.4) is 0 Å². The maximum Gasteiger partial charge on any atom is 0.345 e. The van der Waals surface area contributed by atoms with Gasteiger partial charge in [0, 0.05) is 10.9 Å². The highest BCUT2D eigenvalue weighted by Gasteiger charge is 2.15. The molecule has 0 amide bonds. The molecule has 0 saturated carbocycles. The van der Waals surface area contributed by atoms with Crippen molar-refractivity contribution in [1.29, 1.82) is 0 Å². The molecule has 3 aromatic rings. The maximum absolute atomic E-state index is 11.7. The second-order valence-electron chi connectivity index (χ2n) is 4.50. The van der Waals surface area contributed by atoms with Crippen LogP contribution < -0.4 is 15.2 Å². The number of para-hydroxylation sites is 1. The van der Waals surface area contributed by atoms with Crippen LogP contribution >= 0.6 is 0 Å². The molecule has 0 unspecified atom stereocenters. The molecule has 0 spiro atoms. The van der Waals surface area contributed by atoms with Crippen molar-refractivity contribution in [2.75, 3.05) is 6.79 Å². The summed E-state index contributed by atoms with van der Waals surface area (Å²) in [5.41, 5.74) is 1.87. The first-order chi connectivity index (χ1) is 9.81. The van der Waals surface area contributed by atoms with Gasteiger partial charge in [0.2, 0.25) is 6.79 Å². The van der Waals surface area contributed by atoms with Crippen molar-refractivity contribution in [3.63, 3.8) is 0 Å². The van der Waals surface area contributed by atoms with Gasteiger partial charge in [-0.25, -0.2) is 4.79 Å². The maximum atomic E-state index is 11.7. The Morgan fingerprint density at radius 3 is 2.85 bits per heavy atom. The highest BCUT2D eigenvalue weighted by atomic mass is 16.7. The molecule has 1 aliphatic heterocycles. The highest BCUT2D eigenvalue weighted by Crippen LogP contribution is 2.36. The number of fused-ring (bicyclic) bond motifs is 2. The first-order valence-corrected chi connectivity index (χ1v) is 6.20. The van der Waals surface area contributed by atoms with Gasteiger partial charge in [0.15, 0.2) is 11.5 Å². The van der Waals surface area contributed by atoms with Crippen molar-refractivity contribution in [1.82, 2.24) is 9.97 Å². The van der Waals surface area contributed by atoms with Gasteiger partial charge in [0.25, 0.3) is 0 Å². The highest BCUT2D eigenvalue weighted by molar-refractivity contribution is 5.92. The lowest BCUT2D eigenvalue weighted by molar-refractivity contribution is 0.174. The number of H-pyrrole nitrogens is 1. The van der Waals surface area contributed by atoms with E-state index in [9.17, 15) is 4.79 Å². The zero-order valence-corrected chi connectivity index (χ0v) is 10.4. The molecule has 1 N–H and O–H groups in total. The molecule has 2 heterocycles. The van der Waals surface area contributed by atoms with E-state index in [1.54, 1.807) is 0 Å². The average molecular weight is 266 g/mol. The molecule has 5 nitrogen and oxygen atoms in total. The molecule has 20 heavy (non-hydrogen) atoms. The minimum atomic E-state index is -0.364. The standard InChI is InChI=1S/C15H10N2O3/c18-15-16-11-4-2-1-3-10(11)14(17-15)9-5-6-12-13(7-9)20-8-19-12/h1-7H,8H2,(H,16,17,18). The first-order valence-electron chi connectivity index (χ1n) is 6.20. The molecule has 0 aliphatic carbocycles. The fraction of sp³-hybridized carbons (Fsp3) is 0.0667. The summed E-state index contributed by atoms with van der Waals surface area (Å²) in [5.74, 6) is 1.39. The Bertz CT molecular complexity index is 870. The molecular formula is C15H10N2O3. The number of nitrogens with one attached hydrogen (secondary N) is 1. The quantitative estimate of drug-likeness (QED) is 0.734. The predicted octanol–water partition coefficient (Wildman–Crippen LogP) is 2.32. The van der Waals surface area contributed by atoms with Crippen molar-refractivity contribution < 1.29 is 9.47 Å². The van der Waals surface area contributed by atoms with E-state index in [1.807, 2.05) is 42.5 Å². The summed E-state index contributed by atoms with van der Waals surface area (Å²) < 4.78 is 10.7. The molecule has 1 aromatic heterocycles. The van der Waals surface area contributed by atoms with Crippen molar-refractivity contribution in [3.8, 4) is 22.8 Å². The molecule has 1 aliphatic rings. The minimum Gasteiger partial charge on any atom is -0.454 e. The molecular weight excluding hydrogens is 256 g/mol. The molecule has 98 valence electrons. The summed E-state index contributed by atoms with van der Waals surface area (Å²) in [4.78, 5) is 18.5. The minimum absolute atomic E-state index is 0.225. The van der Waals surface area contributed by atoms with Gasteiger partial charge in [-0.1, -0.05) is 18.2 Å². The van der Waals surface area contributed by atoms with E-state index < -0.39 is 0 Å². The number of benzene rings is 2. The number of ether oxygens (including phenoxy) is 2. The van der Waals surface area contributed by atoms with Gasteiger partial charge < -0.3 is 14.5 Å². The molecule has 0 bridgehead atoms. The number of nitrogens with zero attached hydrogens (tertiary/aromatic N) is 1. The van der Waals surface area contributed by atoms with Crippen LogP contribution in [0, 0.1) is 0 Å². The van der Waals surface area contributed by atoms with E-state index in [1.165, 1.54) is 0 Å². The van der Waals surface area contributed by atoms with Gasteiger partial charge >= 0.3 is 5.69 Å². The van der Waals surface area contributed by atoms with Gasteiger partial charge in [0.1, 0.15) is 0 Å². The van der Waals surface area contributed by atoms with Crippen LogP contribution in [0.25, 0.3) is 22.2 Å². The zero-order valence-electron chi connectivity index (χ0n) is 10.4. The van der Waals surface area contributed by atoms with E-state index in [0.717, 1.165) is 16.5 Å². The Hall–Kier alpha value is -2.82. The topological polar surface area (TPSA) is 64.2 Å². The van der Waals surface area contributed by atoms with Gasteiger partial charge in [-0.2, -0.15) is 4.98 Å². The summed E-state index contributed by atoms with van der Waals surface area (Å²) in [6, 6.07) is 13.1. The number of aromatic amines is 1. The molecule has 4 rings (SSSR count). The molecule has 0 radical (unpaired) electrons. The first kappa shape index (κ1) is 11.0. The van der Waals surface area contributed by atoms with Crippen LogP contribution in [0.5, 0.6) is 11.5 Å². The van der Waals surface area contributed by atoms with Crippen LogP contribution in [-0.4, -0.2) is 16.8 Å². The fourth-order valence-corrected chi connectivity index (χ4v) is 2.37. The SMILES string of the molecule is O=c1nc(-c2ccc3c(c2)OCO3)c2ccccc2[nH]1. The third-order valence-corrected chi connectivity index (χ3v) is 3.28. The normalized spacial score (nSPS) is 12.8. The van der Waals surface area contributed by atoms with Crippen LogP contribution in [0.4, 0.5) is 0 Å². The third kappa shape index (κ3) is 1.64. The molecule has 0 fully saturated rings. The number of hydrogen-bond acceptors (Lipinski definition) is 4. The monoisotopic (exact) mass is 266 g/mol. The second-order valence-corrected chi connectivity index (χ2v) is 4.50. The van der Waals surface area contributed by atoms with Crippen molar-refractivity contribution in [2.45, 2.75) is 0 Å². The summed E-state index contributed by atoms with van der Waals surface area (Å²) in [6.45, 7) is 0.225. The van der Waals surface area contributed by atoms with E-state index >= 15 is 0 Å². The number of hydrogen-bond donors (Lipinski definition) is 1. The lowest BCUT2D eigenvalue weighted by atomic mass is 10.1. The Balaban J connectivity index is 2.00. The smallest absolute Gasteiger partial charge is 0.345 e. The Morgan fingerprint density at radius 2 is 1.90 bits per heavy atom. The number of rotatable bonds is 1. The lowest BCUT2D eigenvalue weighted by Crippen LogP contribution is -2.11. The van der Waals surface area contributed by atoms with Crippen molar-refractivity contribution in [3.05, 3.63) is 52.9 Å². The van der Waals surface area contributed by atoms with Gasteiger partial charge in [-0.05, 0) is 24.3 Å². The Morgan fingerprint density at radius 1 is 1.05 bits per heavy atom. The van der Waals surface area contributed by atoms with Crippen LogP contribution in [-0.2, 0) is 0 Å². The predicted molar refractivity (Wildman–Crippen MR) is 73.9 cm³/mol. The van der Waals surface area contributed by atoms with E-state index in [4.69, 9.17) is 9.47 Å². The molecule has 2 aromatic carbocycles. The Labute approximate surface area is 113 Å². The van der Waals surface area contributed by atoms with Crippen molar-refractivity contribution >= 4 is 10.9 Å². The molecule has 5 heteroatoms. The Kier molecular flexibility index (Phi) is 2.26. The summed E-state index contributed by atoms with van der Waals surface area (Å²) in [7, 11) is 0. The second kappa shape index (κ2) is 4.09. The average Bonchev–Trinajstić information content (AvgIpc) is 2.93.